The molecule has 4 rings (SSSR count). The largest absolute Gasteiger partial charge is 0.456 e. The summed E-state index contributed by atoms with van der Waals surface area (Å²) < 4.78 is 5.79. The lowest BCUT2D eigenvalue weighted by molar-refractivity contribution is -0.142. The summed E-state index contributed by atoms with van der Waals surface area (Å²) in [6.45, 7) is 0.958. The lowest BCUT2D eigenvalue weighted by atomic mass is 10.1. The number of carbonyl (C=O) groups excluding carboxylic acids is 2. The van der Waals surface area contributed by atoms with Gasteiger partial charge in [-0.15, -0.1) is 0 Å². The number of carbonyl (C=O) groups is 2. The van der Waals surface area contributed by atoms with Gasteiger partial charge < -0.3 is 19.7 Å². The Labute approximate surface area is 144 Å². The second kappa shape index (κ2) is 6.22. The van der Waals surface area contributed by atoms with Gasteiger partial charge in [0.25, 0.3) is 0 Å². The van der Waals surface area contributed by atoms with Gasteiger partial charge in [-0.25, -0.2) is 0 Å². The summed E-state index contributed by atoms with van der Waals surface area (Å²) in [5, 5.41) is 13.8. The Morgan fingerprint density at radius 2 is 1.96 bits per heavy atom. The van der Waals surface area contributed by atoms with E-state index in [2.05, 4.69) is 5.32 Å². The van der Waals surface area contributed by atoms with Gasteiger partial charge in [-0.3, -0.25) is 9.59 Å². The zero-order chi connectivity index (χ0) is 17.4. The molecule has 0 aliphatic carbocycles. The van der Waals surface area contributed by atoms with Crippen LogP contribution >= 0.6 is 0 Å². The Hall–Kier alpha value is -2.86. The zero-order valence-corrected chi connectivity index (χ0v) is 13.6. The third kappa shape index (κ3) is 2.85. The molecule has 1 aliphatic rings. The number of rotatable bonds is 2. The number of aliphatic hydroxyl groups is 1. The lowest BCUT2D eigenvalue weighted by Crippen LogP contribution is -2.38. The molecule has 25 heavy (non-hydrogen) atoms. The fourth-order valence-electron chi connectivity index (χ4n) is 3.30. The predicted octanol–water partition coefficient (Wildman–Crippen LogP) is 2.37. The molecule has 1 saturated heterocycles. The zero-order valence-electron chi connectivity index (χ0n) is 13.6. The van der Waals surface area contributed by atoms with Crippen molar-refractivity contribution in [1.29, 1.82) is 0 Å². The number of nitrogens with zero attached hydrogens (tertiary/aromatic N) is 1. The molecule has 2 amide bonds. The van der Waals surface area contributed by atoms with E-state index in [1.807, 2.05) is 30.3 Å². The second-order valence-corrected chi connectivity index (χ2v) is 6.35. The minimum Gasteiger partial charge on any atom is -0.456 e. The Morgan fingerprint density at radius 3 is 2.76 bits per heavy atom. The summed E-state index contributed by atoms with van der Waals surface area (Å²) in [6.07, 6.45) is 0.723. The van der Waals surface area contributed by atoms with Crippen LogP contribution in [0, 0.1) is 5.92 Å². The molecule has 0 saturated carbocycles. The molecule has 3 aromatic rings. The molecular formula is C19H18N2O4. The van der Waals surface area contributed by atoms with Gasteiger partial charge in [-0.1, -0.05) is 18.2 Å². The van der Waals surface area contributed by atoms with Crippen LogP contribution in [0.3, 0.4) is 0 Å². The predicted molar refractivity (Wildman–Crippen MR) is 94.1 cm³/mol. The van der Waals surface area contributed by atoms with Gasteiger partial charge in [0.15, 0.2) is 0 Å². The SMILES string of the molecule is O=C(Nc1ccc2c(c1)oc1ccccc12)C(=O)N1CCC(CO)C1. The van der Waals surface area contributed by atoms with Crippen molar-refractivity contribution in [1.82, 2.24) is 4.90 Å². The van der Waals surface area contributed by atoms with Crippen LogP contribution < -0.4 is 5.32 Å². The Kier molecular flexibility index (Phi) is 3.89. The van der Waals surface area contributed by atoms with Crippen molar-refractivity contribution in [2.75, 3.05) is 25.0 Å². The molecular weight excluding hydrogens is 320 g/mol. The van der Waals surface area contributed by atoms with Crippen molar-refractivity contribution < 1.29 is 19.1 Å². The number of para-hydroxylation sites is 1. The number of nitrogens with one attached hydrogen (secondary N) is 1. The molecule has 6 nitrogen and oxygen atoms in total. The minimum atomic E-state index is -0.672. The number of benzene rings is 2. The van der Waals surface area contributed by atoms with E-state index in [4.69, 9.17) is 9.52 Å². The Bertz CT molecular complexity index is 962. The quantitative estimate of drug-likeness (QED) is 0.703. The number of aliphatic hydroxyl groups excluding tert-OH is 1. The van der Waals surface area contributed by atoms with E-state index in [0.29, 0.717) is 24.4 Å². The van der Waals surface area contributed by atoms with Gasteiger partial charge in [-0.2, -0.15) is 0 Å². The van der Waals surface area contributed by atoms with Crippen LogP contribution in [0.5, 0.6) is 0 Å². The van der Waals surface area contributed by atoms with E-state index >= 15 is 0 Å². The first-order valence-electron chi connectivity index (χ1n) is 8.28. The number of anilines is 1. The molecule has 1 aliphatic heterocycles. The number of amides is 2. The van der Waals surface area contributed by atoms with Gasteiger partial charge in [0.05, 0.1) is 0 Å². The molecule has 2 aromatic carbocycles. The fourth-order valence-corrected chi connectivity index (χ4v) is 3.30. The smallest absolute Gasteiger partial charge is 0.313 e. The summed E-state index contributed by atoms with van der Waals surface area (Å²) >= 11 is 0. The monoisotopic (exact) mass is 338 g/mol. The molecule has 0 spiro atoms. The van der Waals surface area contributed by atoms with Crippen molar-refractivity contribution in [3.8, 4) is 0 Å². The maximum absolute atomic E-state index is 12.2. The van der Waals surface area contributed by atoms with Crippen molar-refractivity contribution >= 4 is 39.4 Å². The van der Waals surface area contributed by atoms with E-state index in [1.54, 1.807) is 12.1 Å². The third-order valence-corrected chi connectivity index (χ3v) is 4.66. The third-order valence-electron chi connectivity index (χ3n) is 4.66. The van der Waals surface area contributed by atoms with E-state index in [0.717, 1.165) is 22.8 Å². The standard InChI is InChI=1S/C19H18N2O4/c22-11-12-7-8-21(10-12)19(24)18(23)20-13-5-6-15-14-3-1-2-4-16(14)25-17(15)9-13/h1-6,9,12,22H,7-8,10-11H2,(H,20,23). The van der Waals surface area contributed by atoms with E-state index in [-0.39, 0.29) is 12.5 Å². The molecule has 2 N–H and O–H groups in total. The maximum Gasteiger partial charge on any atom is 0.313 e. The van der Waals surface area contributed by atoms with Gasteiger partial charge in [0, 0.05) is 48.1 Å². The Morgan fingerprint density at radius 1 is 1.16 bits per heavy atom. The van der Waals surface area contributed by atoms with Crippen LogP contribution in [-0.4, -0.2) is 41.5 Å². The molecule has 6 heteroatoms. The lowest BCUT2D eigenvalue weighted by Gasteiger charge is -2.15. The van der Waals surface area contributed by atoms with Gasteiger partial charge in [0.1, 0.15) is 11.2 Å². The first kappa shape index (κ1) is 15.7. The van der Waals surface area contributed by atoms with Crippen molar-refractivity contribution in [3.63, 3.8) is 0 Å². The molecule has 0 bridgehead atoms. The first-order valence-corrected chi connectivity index (χ1v) is 8.28. The highest BCUT2D eigenvalue weighted by Crippen LogP contribution is 2.30. The molecule has 0 radical (unpaired) electrons. The number of furan rings is 1. The van der Waals surface area contributed by atoms with Crippen molar-refractivity contribution in [3.05, 3.63) is 42.5 Å². The topological polar surface area (TPSA) is 82.8 Å². The number of fused-ring (bicyclic) bond motifs is 3. The van der Waals surface area contributed by atoms with E-state index in [9.17, 15) is 9.59 Å². The number of hydrogen-bond acceptors (Lipinski definition) is 4. The Balaban J connectivity index is 1.53. The summed E-state index contributed by atoms with van der Waals surface area (Å²) in [4.78, 5) is 25.9. The van der Waals surface area contributed by atoms with Crippen LogP contribution in [-0.2, 0) is 9.59 Å². The van der Waals surface area contributed by atoms with Crippen LogP contribution in [0.2, 0.25) is 0 Å². The number of likely N-dealkylation sites (tertiary alicyclic amines) is 1. The fraction of sp³-hybridized carbons (Fsp3) is 0.263. The molecule has 2 heterocycles. The van der Waals surface area contributed by atoms with Crippen LogP contribution in [0.25, 0.3) is 21.9 Å². The highest BCUT2D eigenvalue weighted by atomic mass is 16.3. The van der Waals surface area contributed by atoms with Gasteiger partial charge in [0.2, 0.25) is 0 Å². The maximum atomic E-state index is 12.2. The van der Waals surface area contributed by atoms with Crippen molar-refractivity contribution in [2.24, 2.45) is 5.92 Å². The van der Waals surface area contributed by atoms with Gasteiger partial charge in [-0.05, 0) is 24.6 Å². The van der Waals surface area contributed by atoms with Crippen molar-refractivity contribution in [2.45, 2.75) is 6.42 Å². The highest BCUT2D eigenvalue weighted by Gasteiger charge is 2.29. The first-order chi connectivity index (χ1) is 12.2. The average molecular weight is 338 g/mol. The highest BCUT2D eigenvalue weighted by molar-refractivity contribution is 6.39. The molecule has 1 unspecified atom stereocenters. The summed E-state index contributed by atoms with van der Waals surface area (Å²) in [6, 6.07) is 13.1. The van der Waals surface area contributed by atoms with Crippen LogP contribution in [0.1, 0.15) is 6.42 Å². The minimum absolute atomic E-state index is 0.0358. The molecule has 1 atom stereocenters. The normalized spacial score (nSPS) is 17.3. The molecule has 1 fully saturated rings. The number of hydrogen-bond donors (Lipinski definition) is 2. The van der Waals surface area contributed by atoms with Gasteiger partial charge >= 0.3 is 11.8 Å². The molecule has 1 aromatic heterocycles. The van der Waals surface area contributed by atoms with Crippen LogP contribution in [0.4, 0.5) is 5.69 Å². The summed E-state index contributed by atoms with van der Waals surface area (Å²) in [5.74, 6) is -1.18. The summed E-state index contributed by atoms with van der Waals surface area (Å²) in [5.41, 5.74) is 1.96. The second-order valence-electron chi connectivity index (χ2n) is 6.35. The molecule has 128 valence electrons. The average Bonchev–Trinajstić information content (AvgIpc) is 3.25. The van der Waals surface area contributed by atoms with E-state index in [1.165, 1.54) is 4.90 Å². The van der Waals surface area contributed by atoms with E-state index < -0.39 is 11.8 Å². The summed E-state index contributed by atoms with van der Waals surface area (Å²) in [7, 11) is 0. The van der Waals surface area contributed by atoms with Crippen LogP contribution in [0.15, 0.2) is 46.9 Å².